The molecule has 0 atom stereocenters. The molecule has 0 N–H and O–H groups in total. The van der Waals surface area contributed by atoms with Gasteiger partial charge in [-0.1, -0.05) is 6.92 Å². The summed E-state index contributed by atoms with van der Waals surface area (Å²) in [5.74, 6) is -0.713. The van der Waals surface area contributed by atoms with Gasteiger partial charge in [-0.05, 0) is 18.2 Å². The number of fused-ring (bicyclic) bond motifs is 1. The fraction of sp³-hybridized carbons (Fsp3) is 0.312. The van der Waals surface area contributed by atoms with Gasteiger partial charge < -0.3 is 4.57 Å². The lowest BCUT2D eigenvalue weighted by molar-refractivity contribution is -0.141. The minimum Gasteiger partial charge on any atom is -0.312 e. The SMILES string of the molecule is CCS(=O)(=O)c1nc(C(F)(F)F)ccc1-c1nc2cc(C(F)(F)F)cnc2n1C. The number of hydrogen-bond donors (Lipinski definition) is 0. The molecule has 0 amide bonds. The van der Waals surface area contributed by atoms with E-state index < -0.39 is 44.2 Å². The maximum absolute atomic E-state index is 13.0. The number of pyridine rings is 2. The van der Waals surface area contributed by atoms with Gasteiger partial charge in [0.2, 0.25) is 0 Å². The molecule has 29 heavy (non-hydrogen) atoms. The summed E-state index contributed by atoms with van der Waals surface area (Å²) in [6, 6.07) is 2.18. The van der Waals surface area contributed by atoms with Crippen molar-refractivity contribution in [2.45, 2.75) is 24.3 Å². The molecule has 0 radical (unpaired) electrons. The van der Waals surface area contributed by atoms with E-state index in [0.29, 0.717) is 12.3 Å². The molecule has 0 aliphatic heterocycles. The van der Waals surface area contributed by atoms with E-state index in [0.717, 1.165) is 12.1 Å². The second kappa shape index (κ2) is 6.68. The Balaban J connectivity index is 2.30. The average Bonchev–Trinajstić information content (AvgIpc) is 2.96. The lowest BCUT2D eigenvalue weighted by Crippen LogP contribution is -2.15. The Morgan fingerprint density at radius 1 is 1.03 bits per heavy atom. The van der Waals surface area contributed by atoms with Crippen LogP contribution >= 0.6 is 0 Å². The van der Waals surface area contributed by atoms with Crippen molar-refractivity contribution in [3.05, 3.63) is 35.7 Å². The topological polar surface area (TPSA) is 77.7 Å². The van der Waals surface area contributed by atoms with Crippen molar-refractivity contribution in [1.82, 2.24) is 19.5 Å². The molecule has 0 aromatic carbocycles. The Kier molecular flexibility index (Phi) is 4.84. The van der Waals surface area contributed by atoms with Crippen molar-refractivity contribution < 1.29 is 34.8 Å². The summed E-state index contributed by atoms with van der Waals surface area (Å²) < 4.78 is 104. The number of rotatable bonds is 3. The Hall–Kier alpha value is -2.70. The molecule has 0 saturated heterocycles. The summed E-state index contributed by atoms with van der Waals surface area (Å²) in [5, 5.41) is -0.857. The molecule has 156 valence electrons. The van der Waals surface area contributed by atoms with Crippen LogP contribution in [-0.2, 0) is 29.2 Å². The number of sulfone groups is 1. The van der Waals surface area contributed by atoms with Crippen molar-refractivity contribution in [3.63, 3.8) is 0 Å². The average molecular weight is 438 g/mol. The lowest BCUT2D eigenvalue weighted by atomic mass is 10.2. The third-order valence-electron chi connectivity index (χ3n) is 4.10. The van der Waals surface area contributed by atoms with Crippen molar-refractivity contribution in [3.8, 4) is 11.4 Å². The molecular weight excluding hydrogens is 426 g/mol. The maximum atomic E-state index is 13.0. The summed E-state index contributed by atoms with van der Waals surface area (Å²) in [5.41, 5.74) is -2.95. The fourth-order valence-electron chi connectivity index (χ4n) is 2.61. The first kappa shape index (κ1) is 21.0. The normalized spacial score (nSPS) is 13.2. The highest BCUT2D eigenvalue weighted by atomic mass is 32.2. The second-order valence-electron chi connectivity index (χ2n) is 6.01. The van der Waals surface area contributed by atoms with E-state index in [9.17, 15) is 34.8 Å². The van der Waals surface area contributed by atoms with Crippen LogP contribution < -0.4 is 0 Å². The predicted octanol–water partition coefficient (Wildman–Crippen LogP) is 3.86. The lowest BCUT2D eigenvalue weighted by Gasteiger charge is -2.12. The maximum Gasteiger partial charge on any atom is 0.433 e. The quantitative estimate of drug-likeness (QED) is 0.581. The molecule has 0 saturated carbocycles. The first-order valence-corrected chi connectivity index (χ1v) is 9.62. The number of alkyl halides is 6. The van der Waals surface area contributed by atoms with Gasteiger partial charge in [0.15, 0.2) is 20.5 Å². The van der Waals surface area contributed by atoms with Crippen LogP contribution in [0.5, 0.6) is 0 Å². The monoisotopic (exact) mass is 438 g/mol. The van der Waals surface area contributed by atoms with E-state index in [1.807, 2.05) is 0 Å². The molecule has 0 spiro atoms. The van der Waals surface area contributed by atoms with E-state index in [4.69, 9.17) is 0 Å². The van der Waals surface area contributed by atoms with Gasteiger partial charge in [0.1, 0.15) is 17.0 Å². The van der Waals surface area contributed by atoms with Gasteiger partial charge in [-0.15, -0.1) is 0 Å². The Bertz CT molecular complexity index is 1200. The van der Waals surface area contributed by atoms with Crippen molar-refractivity contribution >= 4 is 21.0 Å². The highest BCUT2D eigenvalue weighted by molar-refractivity contribution is 7.91. The van der Waals surface area contributed by atoms with E-state index in [-0.39, 0.29) is 22.6 Å². The minimum absolute atomic E-state index is 0.00672. The second-order valence-corrected chi connectivity index (χ2v) is 8.20. The van der Waals surface area contributed by atoms with Gasteiger partial charge in [0.25, 0.3) is 0 Å². The van der Waals surface area contributed by atoms with Crippen LogP contribution in [0.1, 0.15) is 18.2 Å². The van der Waals surface area contributed by atoms with E-state index >= 15 is 0 Å². The van der Waals surface area contributed by atoms with Gasteiger partial charge in [-0.3, -0.25) is 0 Å². The molecule has 0 unspecified atom stereocenters. The summed E-state index contributed by atoms with van der Waals surface area (Å²) in [4.78, 5) is 10.9. The Labute approximate surface area is 160 Å². The van der Waals surface area contributed by atoms with E-state index in [1.54, 1.807) is 0 Å². The minimum atomic E-state index is -4.88. The van der Waals surface area contributed by atoms with Crippen molar-refractivity contribution in [2.24, 2.45) is 7.05 Å². The van der Waals surface area contributed by atoms with Gasteiger partial charge in [-0.2, -0.15) is 26.3 Å². The molecular formula is C16H12F6N4O2S. The smallest absolute Gasteiger partial charge is 0.312 e. The molecule has 3 heterocycles. The van der Waals surface area contributed by atoms with Crippen LogP contribution in [0.4, 0.5) is 26.3 Å². The standard InChI is InChI=1S/C16H12F6N4O2S/c1-3-29(27,28)14-9(4-5-11(25-14)16(20,21)22)12-24-10-6-8(15(17,18)19)7-23-13(10)26(12)2/h4-7H,3H2,1-2H3. The van der Waals surface area contributed by atoms with E-state index in [1.165, 1.54) is 18.5 Å². The molecule has 3 aromatic heterocycles. The first-order chi connectivity index (χ1) is 13.3. The zero-order valence-corrected chi connectivity index (χ0v) is 15.6. The van der Waals surface area contributed by atoms with Crippen molar-refractivity contribution in [2.75, 3.05) is 5.75 Å². The zero-order valence-electron chi connectivity index (χ0n) is 14.8. The molecule has 0 bridgehead atoms. The van der Waals surface area contributed by atoms with Crippen LogP contribution in [0.3, 0.4) is 0 Å². The Morgan fingerprint density at radius 3 is 2.24 bits per heavy atom. The summed E-state index contributed by atoms with van der Waals surface area (Å²) in [6.07, 6.45) is -8.97. The summed E-state index contributed by atoms with van der Waals surface area (Å²) in [6.45, 7) is 1.23. The summed E-state index contributed by atoms with van der Waals surface area (Å²) in [7, 11) is -2.86. The van der Waals surface area contributed by atoms with Gasteiger partial charge in [0, 0.05) is 13.2 Å². The van der Waals surface area contributed by atoms with Crippen LogP contribution in [0.15, 0.2) is 29.4 Å². The van der Waals surface area contributed by atoms with Gasteiger partial charge in [-0.25, -0.2) is 23.4 Å². The first-order valence-electron chi connectivity index (χ1n) is 7.96. The molecule has 0 fully saturated rings. The number of aryl methyl sites for hydroxylation is 1. The Morgan fingerprint density at radius 2 is 1.69 bits per heavy atom. The molecule has 13 heteroatoms. The molecule has 0 aliphatic carbocycles. The number of imidazole rings is 1. The number of halogens is 6. The van der Waals surface area contributed by atoms with Crippen molar-refractivity contribution in [1.29, 1.82) is 0 Å². The molecule has 3 rings (SSSR count). The third-order valence-corrected chi connectivity index (χ3v) is 5.76. The largest absolute Gasteiger partial charge is 0.433 e. The van der Waals surface area contributed by atoms with Crippen LogP contribution in [0.25, 0.3) is 22.6 Å². The van der Waals surface area contributed by atoms with Gasteiger partial charge >= 0.3 is 12.4 Å². The van der Waals surface area contributed by atoms with Gasteiger partial charge in [0.05, 0.1) is 16.9 Å². The van der Waals surface area contributed by atoms with Crippen LogP contribution in [-0.4, -0.2) is 33.7 Å². The number of aromatic nitrogens is 4. The summed E-state index contributed by atoms with van der Waals surface area (Å²) >= 11 is 0. The molecule has 3 aromatic rings. The zero-order chi connectivity index (χ0) is 21.8. The third kappa shape index (κ3) is 3.78. The molecule has 6 nitrogen and oxygen atoms in total. The highest BCUT2D eigenvalue weighted by Crippen LogP contribution is 2.35. The van der Waals surface area contributed by atoms with Crippen LogP contribution in [0, 0.1) is 0 Å². The molecule has 0 aliphatic rings. The highest BCUT2D eigenvalue weighted by Gasteiger charge is 2.36. The van der Waals surface area contributed by atoms with Crippen LogP contribution in [0.2, 0.25) is 0 Å². The fourth-order valence-corrected chi connectivity index (χ4v) is 3.62. The number of hydrogen-bond acceptors (Lipinski definition) is 5. The van der Waals surface area contributed by atoms with E-state index in [2.05, 4.69) is 15.0 Å². The predicted molar refractivity (Wildman–Crippen MR) is 89.5 cm³/mol. The number of nitrogens with zero attached hydrogens (tertiary/aromatic N) is 4.